The number of hydrogen-bond donors (Lipinski definition) is 2. The van der Waals surface area contributed by atoms with Gasteiger partial charge in [-0.2, -0.15) is 13.2 Å². The average Bonchev–Trinajstić information content (AvgIpc) is 3.32. The molecule has 0 bridgehead atoms. The van der Waals surface area contributed by atoms with Crippen LogP contribution in [0.2, 0.25) is 0 Å². The van der Waals surface area contributed by atoms with E-state index in [4.69, 9.17) is 13.9 Å². The lowest BCUT2D eigenvalue weighted by molar-refractivity contribution is -0.138. The molecule has 0 spiro atoms. The Kier molecular flexibility index (Phi) is 5.94. The molecule has 0 aliphatic carbocycles. The van der Waals surface area contributed by atoms with Crippen LogP contribution in [-0.2, 0) is 15.7 Å². The summed E-state index contributed by atoms with van der Waals surface area (Å²) in [6.45, 7) is 8.15. The predicted molar refractivity (Wildman–Crippen MR) is 99.0 cm³/mol. The summed E-state index contributed by atoms with van der Waals surface area (Å²) in [7, 11) is 0. The average molecular weight is 411 g/mol. The van der Waals surface area contributed by atoms with E-state index in [1.807, 2.05) is 0 Å². The molecule has 0 radical (unpaired) electrons. The van der Waals surface area contributed by atoms with E-state index in [0.29, 0.717) is 37.0 Å². The summed E-state index contributed by atoms with van der Waals surface area (Å²) in [6, 6.07) is 2.11. The number of rotatable bonds is 6. The van der Waals surface area contributed by atoms with Crippen LogP contribution in [0.5, 0.6) is 5.75 Å². The fourth-order valence-corrected chi connectivity index (χ4v) is 2.92. The second kappa shape index (κ2) is 8.26. The maximum atomic E-state index is 13.2. The Labute approximate surface area is 164 Å². The molecule has 0 unspecified atom stereocenters. The summed E-state index contributed by atoms with van der Waals surface area (Å²) >= 11 is 0. The van der Waals surface area contributed by atoms with Gasteiger partial charge in [0, 0.05) is 5.57 Å². The number of ether oxygens (including phenoxy) is 2. The van der Waals surface area contributed by atoms with Gasteiger partial charge in [0.05, 0.1) is 25.3 Å². The van der Waals surface area contributed by atoms with Crippen molar-refractivity contribution >= 4 is 17.2 Å². The summed E-state index contributed by atoms with van der Waals surface area (Å²) in [6.07, 6.45) is -3.45. The Morgan fingerprint density at radius 3 is 2.66 bits per heavy atom. The number of nitrogens with zero attached hydrogens (tertiary/aromatic N) is 2. The first kappa shape index (κ1) is 20.9. The Bertz CT molecular complexity index is 931. The number of allylic oxidation sites excluding steroid dienone is 3. The molecule has 1 aromatic heterocycles. The van der Waals surface area contributed by atoms with Gasteiger partial charge in [-0.15, -0.1) is 5.10 Å². The molecule has 1 saturated heterocycles. The Morgan fingerprint density at radius 1 is 1.31 bits per heavy atom. The summed E-state index contributed by atoms with van der Waals surface area (Å²) < 4.78 is 55.6. The molecule has 29 heavy (non-hydrogen) atoms. The number of phenolic OH excluding ortho intramolecular Hbond substituents is 1. The van der Waals surface area contributed by atoms with Crippen LogP contribution in [0.3, 0.4) is 0 Å². The molecule has 0 atom stereocenters. The molecule has 1 aliphatic heterocycles. The highest BCUT2D eigenvalue weighted by Gasteiger charge is 2.34. The second-order valence-corrected chi connectivity index (χ2v) is 6.48. The van der Waals surface area contributed by atoms with E-state index < -0.39 is 23.8 Å². The lowest BCUT2D eigenvalue weighted by Crippen LogP contribution is -2.20. The lowest BCUT2D eigenvalue weighted by atomic mass is 9.95. The van der Waals surface area contributed by atoms with Crippen molar-refractivity contribution in [2.24, 2.45) is 0 Å². The van der Waals surface area contributed by atoms with Gasteiger partial charge >= 0.3 is 12.2 Å². The molecule has 0 amide bonds. The van der Waals surface area contributed by atoms with Crippen LogP contribution >= 0.6 is 0 Å². The highest BCUT2D eigenvalue weighted by atomic mass is 19.4. The van der Waals surface area contributed by atoms with Crippen molar-refractivity contribution in [3.8, 4) is 5.75 Å². The van der Waals surface area contributed by atoms with Crippen molar-refractivity contribution in [3.63, 3.8) is 0 Å². The Morgan fingerprint density at radius 2 is 2.00 bits per heavy atom. The second-order valence-electron chi connectivity index (χ2n) is 6.48. The largest absolute Gasteiger partial charge is 0.508 e. The SMILES string of the molecule is C=C(/C=C(/C)c1cc(O)cc(C(F)(F)F)c1C)c1nnc(NCC2OCCO2)o1. The van der Waals surface area contributed by atoms with Gasteiger partial charge in [0.1, 0.15) is 5.75 Å². The highest BCUT2D eigenvalue weighted by Crippen LogP contribution is 2.38. The Balaban J connectivity index is 1.76. The number of anilines is 1. The smallest absolute Gasteiger partial charge is 0.416 e. The van der Waals surface area contributed by atoms with Gasteiger partial charge < -0.3 is 24.3 Å². The predicted octanol–water partition coefficient (Wildman–Crippen LogP) is 4.00. The summed E-state index contributed by atoms with van der Waals surface area (Å²) in [5.41, 5.74) is 0.113. The van der Waals surface area contributed by atoms with E-state index in [1.54, 1.807) is 6.92 Å². The molecule has 1 aliphatic rings. The molecule has 1 aromatic carbocycles. The minimum Gasteiger partial charge on any atom is -0.508 e. The van der Waals surface area contributed by atoms with Crippen molar-refractivity contribution < 1.29 is 32.2 Å². The summed E-state index contributed by atoms with van der Waals surface area (Å²) in [4.78, 5) is 0. The van der Waals surface area contributed by atoms with Gasteiger partial charge in [0.15, 0.2) is 6.29 Å². The summed E-state index contributed by atoms with van der Waals surface area (Å²) in [5, 5.41) is 20.3. The summed E-state index contributed by atoms with van der Waals surface area (Å²) in [5.74, 6) is -0.370. The van der Waals surface area contributed by atoms with Crippen LogP contribution < -0.4 is 5.32 Å². The zero-order chi connectivity index (χ0) is 21.2. The maximum absolute atomic E-state index is 13.2. The minimum absolute atomic E-state index is 0.00120. The van der Waals surface area contributed by atoms with E-state index in [1.165, 1.54) is 19.1 Å². The zero-order valence-electron chi connectivity index (χ0n) is 15.8. The van der Waals surface area contributed by atoms with Crippen LogP contribution in [0.15, 0.2) is 29.2 Å². The number of aromatic nitrogens is 2. The fourth-order valence-electron chi connectivity index (χ4n) is 2.92. The zero-order valence-corrected chi connectivity index (χ0v) is 15.8. The third-order valence-corrected chi connectivity index (χ3v) is 4.32. The van der Waals surface area contributed by atoms with Crippen LogP contribution in [0.25, 0.3) is 11.1 Å². The molecular formula is C19H20F3N3O4. The standard InChI is InChI=1S/C19H20F3N3O4/c1-10(14-7-13(26)8-15(12(14)3)19(20,21)22)6-11(2)17-24-25-18(29-17)23-9-16-27-4-5-28-16/h6-8,16,26H,2,4-5,9H2,1,3H3,(H,23,25)/b10-6-. The molecule has 0 saturated carbocycles. The number of aromatic hydroxyl groups is 1. The van der Waals surface area contributed by atoms with E-state index in [9.17, 15) is 18.3 Å². The van der Waals surface area contributed by atoms with E-state index in [0.717, 1.165) is 0 Å². The number of halogens is 3. The van der Waals surface area contributed by atoms with Gasteiger partial charge in [-0.05, 0) is 48.8 Å². The van der Waals surface area contributed by atoms with Crippen LogP contribution in [0, 0.1) is 6.92 Å². The lowest BCUT2D eigenvalue weighted by Gasteiger charge is -2.15. The van der Waals surface area contributed by atoms with Crippen molar-refractivity contribution in [1.29, 1.82) is 0 Å². The number of nitrogens with one attached hydrogen (secondary N) is 1. The van der Waals surface area contributed by atoms with Crippen molar-refractivity contribution in [3.05, 3.63) is 47.4 Å². The molecule has 3 rings (SSSR count). The van der Waals surface area contributed by atoms with E-state index >= 15 is 0 Å². The fraction of sp³-hybridized carbons (Fsp3) is 0.368. The number of phenols is 1. The first-order chi connectivity index (χ1) is 13.6. The van der Waals surface area contributed by atoms with Crippen molar-refractivity contribution in [1.82, 2.24) is 10.2 Å². The molecule has 2 N–H and O–H groups in total. The first-order valence-electron chi connectivity index (χ1n) is 8.74. The first-order valence-corrected chi connectivity index (χ1v) is 8.74. The molecule has 2 aromatic rings. The van der Waals surface area contributed by atoms with Gasteiger partial charge in [-0.25, -0.2) is 0 Å². The van der Waals surface area contributed by atoms with Crippen molar-refractivity contribution in [2.75, 3.05) is 25.1 Å². The van der Waals surface area contributed by atoms with Gasteiger partial charge in [0.25, 0.3) is 0 Å². The quantitative estimate of drug-likeness (QED) is 0.695. The molecular weight excluding hydrogens is 391 g/mol. The monoisotopic (exact) mass is 411 g/mol. The Hall–Kier alpha value is -2.85. The van der Waals surface area contributed by atoms with Crippen LogP contribution in [0.4, 0.5) is 19.2 Å². The minimum atomic E-state index is -4.57. The molecule has 7 nitrogen and oxygen atoms in total. The molecule has 2 heterocycles. The van der Waals surface area contributed by atoms with E-state index in [2.05, 4.69) is 22.1 Å². The maximum Gasteiger partial charge on any atom is 0.416 e. The topological polar surface area (TPSA) is 89.6 Å². The van der Waals surface area contributed by atoms with E-state index in [-0.39, 0.29) is 23.0 Å². The van der Waals surface area contributed by atoms with Crippen LogP contribution in [-0.4, -0.2) is 41.4 Å². The third-order valence-electron chi connectivity index (χ3n) is 4.32. The number of benzene rings is 1. The molecule has 1 fully saturated rings. The van der Waals surface area contributed by atoms with Gasteiger partial charge in [0.2, 0.25) is 5.89 Å². The van der Waals surface area contributed by atoms with Crippen molar-refractivity contribution in [2.45, 2.75) is 26.3 Å². The highest BCUT2D eigenvalue weighted by molar-refractivity contribution is 5.81. The van der Waals surface area contributed by atoms with Crippen LogP contribution in [0.1, 0.15) is 29.5 Å². The number of hydrogen-bond acceptors (Lipinski definition) is 7. The number of alkyl halides is 3. The van der Waals surface area contributed by atoms with Gasteiger partial charge in [-0.3, -0.25) is 0 Å². The normalized spacial score (nSPS) is 15.7. The molecule has 156 valence electrons. The third kappa shape index (κ3) is 4.96. The van der Waals surface area contributed by atoms with Gasteiger partial charge in [-0.1, -0.05) is 11.7 Å². The molecule has 10 heteroatoms.